The molecule has 1 atom stereocenters. The van der Waals surface area contributed by atoms with Gasteiger partial charge in [-0.3, -0.25) is 9.79 Å². The van der Waals surface area contributed by atoms with Gasteiger partial charge in [-0.1, -0.05) is 78.9 Å². The summed E-state index contributed by atoms with van der Waals surface area (Å²) in [6.07, 6.45) is 1.64. The molecule has 27 heavy (non-hydrogen) atoms. The number of carbonyl (C=O) groups excluding carboxylic acids is 1. The molecule has 3 nitrogen and oxygen atoms in total. The number of esters is 1. The van der Waals surface area contributed by atoms with Crippen molar-refractivity contribution in [3.8, 4) is 0 Å². The maximum atomic E-state index is 12.9. The first-order valence-corrected chi connectivity index (χ1v) is 9.08. The molecule has 0 radical (unpaired) electrons. The SMILES string of the molecule is CC(C)OC(=O)C(c1ccccc1)c1ccccc1N=Cc1ccccc1. The first kappa shape index (κ1) is 18.6. The fourth-order valence-electron chi connectivity index (χ4n) is 2.92. The predicted molar refractivity (Wildman–Crippen MR) is 110 cm³/mol. The van der Waals surface area contributed by atoms with Gasteiger partial charge in [-0.25, -0.2) is 0 Å². The Kier molecular flexibility index (Phi) is 6.16. The number of hydrogen-bond donors (Lipinski definition) is 0. The van der Waals surface area contributed by atoms with E-state index in [1.165, 1.54) is 0 Å². The van der Waals surface area contributed by atoms with Crippen molar-refractivity contribution in [1.82, 2.24) is 0 Å². The number of ether oxygens (including phenoxy) is 1. The minimum atomic E-state index is -0.516. The highest BCUT2D eigenvalue weighted by atomic mass is 16.5. The quantitative estimate of drug-likeness (QED) is 0.430. The van der Waals surface area contributed by atoms with Gasteiger partial charge in [-0.15, -0.1) is 0 Å². The second-order valence-corrected chi connectivity index (χ2v) is 6.56. The van der Waals surface area contributed by atoms with Gasteiger partial charge in [0, 0.05) is 6.21 Å². The molecule has 3 rings (SSSR count). The van der Waals surface area contributed by atoms with E-state index in [1.807, 2.05) is 105 Å². The van der Waals surface area contributed by atoms with Crippen molar-refractivity contribution in [2.45, 2.75) is 25.9 Å². The number of aliphatic imine (C=N–C) groups is 1. The summed E-state index contributed by atoms with van der Waals surface area (Å²) in [6, 6.07) is 27.3. The minimum Gasteiger partial charge on any atom is -0.462 e. The first-order chi connectivity index (χ1) is 13.1. The molecule has 3 heteroatoms. The molecule has 3 aromatic carbocycles. The normalized spacial score (nSPS) is 12.3. The molecule has 0 aliphatic rings. The molecule has 0 bridgehead atoms. The highest BCUT2D eigenvalue weighted by Gasteiger charge is 2.27. The summed E-state index contributed by atoms with van der Waals surface area (Å²) in [5, 5.41) is 0. The van der Waals surface area contributed by atoms with Crippen molar-refractivity contribution in [3.63, 3.8) is 0 Å². The monoisotopic (exact) mass is 357 g/mol. The van der Waals surface area contributed by atoms with Crippen LogP contribution in [0, 0.1) is 0 Å². The van der Waals surface area contributed by atoms with E-state index in [0.29, 0.717) is 0 Å². The van der Waals surface area contributed by atoms with Gasteiger partial charge >= 0.3 is 5.97 Å². The smallest absolute Gasteiger partial charge is 0.318 e. The van der Waals surface area contributed by atoms with Crippen LogP contribution in [0.4, 0.5) is 5.69 Å². The molecule has 3 aromatic rings. The topological polar surface area (TPSA) is 38.7 Å². The van der Waals surface area contributed by atoms with Crippen LogP contribution < -0.4 is 0 Å². The van der Waals surface area contributed by atoms with Crippen LogP contribution in [0.3, 0.4) is 0 Å². The van der Waals surface area contributed by atoms with Gasteiger partial charge in [-0.2, -0.15) is 0 Å². The highest BCUT2D eigenvalue weighted by Crippen LogP contribution is 2.33. The number of hydrogen-bond acceptors (Lipinski definition) is 3. The van der Waals surface area contributed by atoms with Crippen molar-refractivity contribution in [3.05, 3.63) is 102 Å². The molecule has 136 valence electrons. The lowest BCUT2D eigenvalue weighted by atomic mass is 9.90. The van der Waals surface area contributed by atoms with E-state index >= 15 is 0 Å². The molecule has 0 aromatic heterocycles. The van der Waals surface area contributed by atoms with Crippen LogP contribution in [-0.4, -0.2) is 18.3 Å². The Morgan fingerprint density at radius 3 is 2.11 bits per heavy atom. The predicted octanol–water partition coefficient (Wildman–Crippen LogP) is 5.52. The van der Waals surface area contributed by atoms with Crippen molar-refractivity contribution < 1.29 is 9.53 Å². The summed E-state index contributed by atoms with van der Waals surface area (Å²) >= 11 is 0. The second kappa shape index (κ2) is 8.95. The van der Waals surface area contributed by atoms with Crippen LogP contribution >= 0.6 is 0 Å². The highest BCUT2D eigenvalue weighted by molar-refractivity contribution is 5.86. The summed E-state index contributed by atoms with van der Waals surface area (Å²) in [6.45, 7) is 3.72. The van der Waals surface area contributed by atoms with E-state index in [9.17, 15) is 4.79 Å². The van der Waals surface area contributed by atoms with Gasteiger partial charge in [0.25, 0.3) is 0 Å². The summed E-state index contributed by atoms with van der Waals surface area (Å²) in [5.41, 5.74) is 3.50. The van der Waals surface area contributed by atoms with E-state index in [-0.39, 0.29) is 12.1 Å². The van der Waals surface area contributed by atoms with E-state index in [0.717, 1.165) is 22.4 Å². The van der Waals surface area contributed by atoms with Crippen LogP contribution in [0.1, 0.15) is 36.5 Å². The van der Waals surface area contributed by atoms with Crippen molar-refractivity contribution in [2.75, 3.05) is 0 Å². The molecular weight excluding hydrogens is 334 g/mol. The van der Waals surface area contributed by atoms with Crippen LogP contribution in [0.2, 0.25) is 0 Å². The summed E-state index contributed by atoms with van der Waals surface area (Å²) in [5.74, 6) is -0.781. The largest absolute Gasteiger partial charge is 0.462 e. The summed E-state index contributed by atoms with van der Waals surface area (Å²) in [4.78, 5) is 17.6. The molecule has 0 saturated heterocycles. The van der Waals surface area contributed by atoms with E-state index in [4.69, 9.17) is 4.74 Å². The second-order valence-electron chi connectivity index (χ2n) is 6.56. The molecule has 0 N–H and O–H groups in total. The zero-order chi connectivity index (χ0) is 19.1. The van der Waals surface area contributed by atoms with Crippen LogP contribution in [0.15, 0.2) is 89.9 Å². The van der Waals surface area contributed by atoms with Gasteiger partial charge in [-0.05, 0) is 36.6 Å². The molecule has 0 heterocycles. The number of para-hydroxylation sites is 1. The lowest BCUT2D eigenvalue weighted by Crippen LogP contribution is -2.20. The number of benzene rings is 3. The van der Waals surface area contributed by atoms with Crippen molar-refractivity contribution >= 4 is 17.9 Å². The first-order valence-electron chi connectivity index (χ1n) is 9.08. The Morgan fingerprint density at radius 2 is 1.44 bits per heavy atom. The summed E-state index contributed by atoms with van der Waals surface area (Å²) in [7, 11) is 0. The zero-order valence-corrected chi connectivity index (χ0v) is 15.6. The van der Waals surface area contributed by atoms with Crippen molar-refractivity contribution in [2.24, 2.45) is 4.99 Å². The molecule has 0 aliphatic heterocycles. The van der Waals surface area contributed by atoms with Gasteiger partial charge in [0.05, 0.1) is 11.8 Å². The van der Waals surface area contributed by atoms with Gasteiger partial charge in [0.2, 0.25) is 0 Å². The third kappa shape index (κ3) is 4.91. The van der Waals surface area contributed by atoms with Gasteiger partial charge < -0.3 is 4.74 Å². The number of rotatable bonds is 6. The average molecular weight is 357 g/mol. The average Bonchev–Trinajstić information content (AvgIpc) is 2.68. The summed E-state index contributed by atoms with van der Waals surface area (Å²) < 4.78 is 5.55. The molecule has 0 aliphatic carbocycles. The Labute approximate surface area is 160 Å². The van der Waals surface area contributed by atoms with Gasteiger partial charge in [0.1, 0.15) is 5.92 Å². The Morgan fingerprint density at radius 1 is 0.852 bits per heavy atom. The molecule has 0 saturated carbocycles. The Balaban J connectivity index is 2.02. The van der Waals surface area contributed by atoms with Crippen LogP contribution in [0.25, 0.3) is 0 Å². The Hall–Kier alpha value is -3.20. The van der Waals surface area contributed by atoms with Crippen molar-refractivity contribution in [1.29, 1.82) is 0 Å². The fourth-order valence-corrected chi connectivity index (χ4v) is 2.92. The third-order valence-electron chi connectivity index (χ3n) is 4.12. The number of carbonyl (C=O) groups is 1. The van der Waals surface area contributed by atoms with E-state index in [1.54, 1.807) is 0 Å². The molecule has 1 unspecified atom stereocenters. The van der Waals surface area contributed by atoms with E-state index in [2.05, 4.69) is 4.99 Å². The number of nitrogens with zero attached hydrogens (tertiary/aromatic N) is 1. The molecule has 0 amide bonds. The maximum absolute atomic E-state index is 12.9. The standard InChI is InChI=1S/C24H23NO2/c1-18(2)27-24(26)23(20-13-7-4-8-14-20)21-15-9-10-16-22(21)25-17-19-11-5-3-6-12-19/h3-18,23H,1-2H3. The van der Waals surface area contributed by atoms with Crippen LogP contribution in [0.5, 0.6) is 0 Å². The zero-order valence-electron chi connectivity index (χ0n) is 15.6. The Bertz CT molecular complexity index is 902. The fraction of sp³-hybridized carbons (Fsp3) is 0.167. The molecular formula is C24H23NO2. The molecule has 0 spiro atoms. The lowest BCUT2D eigenvalue weighted by molar-refractivity contribution is -0.148. The van der Waals surface area contributed by atoms with Crippen LogP contribution in [-0.2, 0) is 9.53 Å². The third-order valence-corrected chi connectivity index (χ3v) is 4.12. The lowest BCUT2D eigenvalue weighted by Gasteiger charge is -2.20. The maximum Gasteiger partial charge on any atom is 0.318 e. The van der Waals surface area contributed by atoms with Gasteiger partial charge in [0.15, 0.2) is 0 Å². The minimum absolute atomic E-state index is 0.177. The van der Waals surface area contributed by atoms with E-state index < -0.39 is 5.92 Å². The molecule has 0 fully saturated rings.